The predicted octanol–water partition coefficient (Wildman–Crippen LogP) is 2.73. The molecule has 0 saturated heterocycles. The van der Waals surface area contributed by atoms with Gasteiger partial charge in [-0.25, -0.2) is 0 Å². The highest BCUT2D eigenvalue weighted by Gasteiger charge is 2.25. The highest BCUT2D eigenvalue weighted by molar-refractivity contribution is 7.21. The zero-order valence-electron chi connectivity index (χ0n) is 11.3. The summed E-state index contributed by atoms with van der Waals surface area (Å²) in [6.07, 6.45) is 0. The van der Waals surface area contributed by atoms with Crippen molar-refractivity contribution in [2.75, 3.05) is 24.5 Å². The molecule has 0 unspecified atom stereocenters. The summed E-state index contributed by atoms with van der Waals surface area (Å²) < 4.78 is 1.01. The van der Waals surface area contributed by atoms with Crippen LogP contribution in [0.2, 0.25) is 0 Å². The number of rotatable bonds is 2. The third-order valence-corrected chi connectivity index (χ3v) is 4.45. The number of fused-ring (bicyclic) bond motifs is 3. The van der Waals surface area contributed by atoms with Crippen molar-refractivity contribution in [2.24, 2.45) is 0 Å². The lowest BCUT2D eigenvalue weighted by Gasteiger charge is -2.23. The van der Waals surface area contributed by atoms with Crippen LogP contribution in [0.1, 0.15) is 16.6 Å². The van der Waals surface area contributed by atoms with Gasteiger partial charge in [-0.2, -0.15) is 0 Å². The number of hydrogen-bond acceptors (Lipinski definition) is 4. The second kappa shape index (κ2) is 4.83. The maximum Gasteiger partial charge on any atom is 0.263 e. The fraction of sp³-hybridized carbons (Fsp3) is 0.267. The number of carbonyl (C=O) groups is 1. The Bertz CT molecular complexity index is 705. The molecule has 0 atom stereocenters. The van der Waals surface area contributed by atoms with Crippen LogP contribution in [0.15, 0.2) is 30.4 Å². The van der Waals surface area contributed by atoms with Crippen molar-refractivity contribution < 1.29 is 9.90 Å². The first kappa shape index (κ1) is 13.0. The van der Waals surface area contributed by atoms with Crippen molar-refractivity contribution in [1.29, 1.82) is 0 Å². The second-order valence-electron chi connectivity index (χ2n) is 5.09. The molecule has 104 valence electrons. The van der Waals surface area contributed by atoms with Crippen molar-refractivity contribution in [3.63, 3.8) is 0 Å². The first-order chi connectivity index (χ1) is 9.56. The molecule has 0 fully saturated rings. The molecular weight excluding hydrogens is 272 g/mol. The molecule has 2 aromatic rings. The highest BCUT2D eigenvalue weighted by atomic mass is 32.1. The van der Waals surface area contributed by atoms with E-state index in [-0.39, 0.29) is 11.7 Å². The van der Waals surface area contributed by atoms with Gasteiger partial charge in [0.2, 0.25) is 0 Å². The quantitative estimate of drug-likeness (QED) is 0.835. The Kier molecular flexibility index (Phi) is 3.14. The van der Waals surface area contributed by atoms with Crippen LogP contribution in [0.5, 0.6) is 5.75 Å². The second-order valence-corrected chi connectivity index (χ2v) is 6.15. The molecule has 5 heteroatoms. The Morgan fingerprint density at radius 3 is 3.10 bits per heavy atom. The summed E-state index contributed by atoms with van der Waals surface area (Å²) in [5.41, 5.74) is 1.96. The number of amides is 1. The minimum Gasteiger partial charge on any atom is -0.508 e. The van der Waals surface area contributed by atoms with Gasteiger partial charge in [0.15, 0.2) is 0 Å². The number of aromatic hydroxyl groups is 1. The lowest BCUT2D eigenvalue weighted by Crippen LogP contribution is -2.31. The molecule has 4 nitrogen and oxygen atoms in total. The molecular formula is C15H16N2O2S. The molecule has 0 saturated carbocycles. The van der Waals surface area contributed by atoms with E-state index in [0.29, 0.717) is 18.0 Å². The van der Waals surface area contributed by atoms with Gasteiger partial charge >= 0.3 is 0 Å². The molecule has 0 radical (unpaired) electrons. The molecule has 1 amide bonds. The van der Waals surface area contributed by atoms with Gasteiger partial charge in [0.05, 0.1) is 5.69 Å². The molecule has 3 rings (SSSR count). The van der Waals surface area contributed by atoms with Crippen LogP contribution >= 0.6 is 11.3 Å². The molecule has 1 aliphatic rings. The minimum atomic E-state index is -0.0371. The van der Waals surface area contributed by atoms with Gasteiger partial charge in [0.1, 0.15) is 10.6 Å². The van der Waals surface area contributed by atoms with E-state index >= 15 is 0 Å². The average Bonchev–Trinajstić information content (AvgIpc) is 2.68. The Labute approximate surface area is 121 Å². The number of thiophene rings is 1. The molecule has 1 aromatic heterocycles. The van der Waals surface area contributed by atoms with Crippen molar-refractivity contribution in [3.8, 4) is 5.75 Å². The summed E-state index contributed by atoms with van der Waals surface area (Å²) >= 11 is 1.47. The number of nitrogens with zero attached hydrogens (tertiary/aromatic N) is 1. The van der Waals surface area contributed by atoms with E-state index in [4.69, 9.17) is 0 Å². The maximum atomic E-state index is 12.2. The third kappa shape index (κ3) is 2.14. The fourth-order valence-corrected chi connectivity index (χ4v) is 3.64. The molecule has 2 N–H and O–H groups in total. The maximum absolute atomic E-state index is 12.2. The number of benzene rings is 1. The Hall–Kier alpha value is -2.01. The van der Waals surface area contributed by atoms with Gasteiger partial charge in [0, 0.05) is 29.7 Å². The summed E-state index contributed by atoms with van der Waals surface area (Å²) in [4.78, 5) is 15.1. The Morgan fingerprint density at radius 2 is 2.35 bits per heavy atom. The molecule has 0 aliphatic carbocycles. The summed E-state index contributed by atoms with van der Waals surface area (Å²) in [5, 5.41) is 13.6. The van der Waals surface area contributed by atoms with E-state index in [1.807, 2.05) is 13.0 Å². The van der Waals surface area contributed by atoms with Crippen molar-refractivity contribution in [1.82, 2.24) is 5.32 Å². The van der Waals surface area contributed by atoms with Crippen LogP contribution in [0.4, 0.5) is 5.69 Å². The van der Waals surface area contributed by atoms with E-state index in [1.54, 1.807) is 12.1 Å². The zero-order chi connectivity index (χ0) is 14.3. The summed E-state index contributed by atoms with van der Waals surface area (Å²) in [6.45, 7) is 8.01. The van der Waals surface area contributed by atoms with Gasteiger partial charge in [-0.3, -0.25) is 4.79 Å². The van der Waals surface area contributed by atoms with E-state index in [1.165, 1.54) is 11.3 Å². The standard InChI is InChI=1S/C15H16N2O2S/c1-9(2)8-17-6-5-16-15(19)14-13(17)11-7-10(18)3-4-12(11)20-14/h3-4,7,18H,1,5-6,8H2,2H3,(H,16,19). The van der Waals surface area contributed by atoms with Crippen molar-refractivity contribution >= 4 is 33.0 Å². The topological polar surface area (TPSA) is 52.6 Å². The van der Waals surface area contributed by atoms with Gasteiger partial charge in [-0.15, -0.1) is 11.3 Å². The molecule has 0 bridgehead atoms. The molecule has 20 heavy (non-hydrogen) atoms. The van der Waals surface area contributed by atoms with Crippen molar-refractivity contribution in [2.45, 2.75) is 6.92 Å². The number of hydrogen-bond donors (Lipinski definition) is 2. The highest BCUT2D eigenvalue weighted by Crippen LogP contribution is 2.40. The normalized spacial score (nSPS) is 14.8. The third-order valence-electron chi connectivity index (χ3n) is 3.30. The van der Waals surface area contributed by atoms with Gasteiger partial charge in [-0.05, 0) is 25.1 Å². The lowest BCUT2D eigenvalue weighted by atomic mass is 10.1. The minimum absolute atomic E-state index is 0.0371. The van der Waals surface area contributed by atoms with Crippen molar-refractivity contribution in [3.05, 3.63) is 35.2 Å². The smallest absolute Gasteiger partial charge is 0.263 e. The number of carbonyl (C=O) groups excluding carboxylic acids is 1. The lowest BCUT2D eigenvalue weighted by molar-refractivity contribution is 0.0962. The molecule has 1 aromatic carbocycles. The number of phenols is 1. The summed E-state index contributed by atoms with van der Waals surface area (Å²) in [5.74, 6) is 0.183. The van der Waals surface area contributed by atoms with Crippen LogP contribution in [0.25, 0.3) is 10.1 Å². The van der Waals surface area contributed by atoms with Crippen LogP contribution in [0.3, 0.4) is 0 Å². The van der Waals surface area contributed by atoms with Gasteiger partial charge in [-0.1, -0.05) is 12.2 Å². The van der Waals surface area contributed by atoms with E-state index in [0.717, 1.165) is 27.9 Å². The first-order valence-corrected chi connectivity index (χ1v) is 7.31. The van der Waals surface area contributed by atoms with Crippen LogP contribution in [0, 0.1) is 0 Å². The van der Waals surface area contributed by atoms with Gasteiger partial charge in [0.25, 0.3) is 5.91 Å². The van der Waals surface area contributed by atoms with Crippen LogP contribution in [-0.2, 0) is 0 Å². The number of anilines is 1. The number of nitrogens with one attached hydrogen (secondary N) is 1. The molecule has 0 spiro atoms. The summed E-state index contributed by atoms with van der Waals surface area (Å²) in [7, 11) is 0. The Morgan fingerprint density at radius 1 is 1.55 bits per heavy atom. The predicted molar refractivity (Wildman–Crippen MR) is 82.9 cm³/mol. The monoisotopic (exact) mass is 288 g/mol. The number of phenolic OH excluding ortho intramolecular Hbond substituents is 1. The van der Waals surface area contributed by atoms with E-state index in [2.05, 4.69) is 16.8 Å². The largest absolute Gasteiger partial charge is 0.508 e. The molecule has 2 heterocycles. The molecule has 1 aliphatic heterocycles. The van der Waals surface area contributed by atoms with Crippen LogP contribution < -0.4 is 10.2 Å². The van der Waals surface area contributed by atoms with E-state index < -0.39 is 0 Å². The Balaban J connectivity index is 2.23. The fourth-order valence-electron chi connectivity index (χ4n) is 2.52. The zero-order valence-corrected chi connectivity index (χ0v) is 12.1. The summed E-state index contributed by atoms with van der Waals surface area (Å²) in [6, 6.07) is 5.24. The first-order valence-electron chi connectivity index (χ1n) is 6.49. The van der Waals surface area contributed by atoms with E-state index in [9.17, 15) is 9.90 Å². The van der Waals surface area contributed by atoms with Gasteiger partial charge < -0.3 is 15.3 Å². The van der Waals surface area contributed by atoms with Crippen LogP contribution in [-0.4, -0.2) is 30.6 Å². The SMILES string of the molecule is C=C(C)CN1CCNC(=O)c2sc3ccc(O)cc3c21. The average molecular weight is 288 g/mol.